The topological polar surface area (TPSA) is 139 Å². The van der Waals surface area contributed by atoms with Gasteiger partial charge in [0.25, 0.3) is 17.0 Å². The van der Waals surface area contributed by atoms with E-state index in [2.05, 4.69) is 4.98 Å². The Balaban J connectivity index is 3.10. The largest absolute Gasteiger partial charge is 0.498 e. The molecule has 0 saturated carbocycles. The molecular weight excluding hydrogens is 246 g/mol. The summed E-state index contributed by atoms with van der Waals surface area (Å²) < 4.78 is 0. The number of aromatic hydroxyl groups is 1. The van der Waals surface area contributed by atoms with Crippen LogP contribution in [0.5, 0.6) is 5.75 Å². The van der Waals surface area contributed by atoms with Crippen molar-refractivity contribution in [3.05, 3.63) is 48.8 Å². The fourth-order valence-electron chi connectivity index (χ4n) is 1.63. The monoisotopic (exact) mass is 251 g/mol. The molecule has 0 spiro atoms. The van der Waals surface area contributed by atoms with E-state index in [9.17, 15) is 30.1 Å². The van der Waals surface area contributed by atoms with E-state index in [1.807, 2.05) is 0 Å². The molecule has 0 aliphatic carbocycles. The summed E-state index contributed by atoms with van der Waals surface area (Å²) >= 11 is 0. The van der Waals surface area contributed by atoms with Crippen LogP contribution in [0.3, 0.4) is 0 Å². The maximum absolute atomic E-state index is 11.3. The highest BCUT2D eigenvalue weighted by atomic mass is 16.6. The Morgan fingerprint density at radius 1 is 1.17 bits per heavy atom. The zero-order valence-corrected chi connectivity index (χ0v) is 8.61. The van der Waals surface area contributed by atoms with E-state index < -0.39 is 37.9 Å². The lowest BCUT2D eigenvalue weighted by Gasteiger charge is -2.02. The van der Waals surface area contributed by atoms with Crippen LogP contribution in [-0.2, 0) is 0 Å². The molecule has 0 aliphatic heterocycles. The number of fused-ring (bicyclic) bond motifs is 1. The third-order valence-corrected chi connectivity index (χ3v) is 2.35. The average molecular weight is 251 g/mol. The first kappa shape index (κ1) is 11.5. The molecule has 0 aliphatic rings. The molecule has 0 radical (unpaired) electrons. The number of nitro benzene ring substituents is 1. The van der Waals surface area contributed by atoms with Crippen LogP contribution < -0.4 is 5.56 Å². The highest BCUT2D eigenvalue weighted by Crippen LogP contribution is 2.36. The van der Waals surface area contributed by atoms with E-state index >= 15 is 0 Å². The second kappa shape index (κ2) is 3.80. The van der Waals surface area contributed by atoms with Crippen molar-refractivity contribution >= 4 is 22.3 Å². The summed E-state index contributed by atoms with van der Waals surface area (Å²) in [5.74, 6) is -1.15. The zero-order valence-electron chi connectivity index (χ0n) is 8.61. The average Bonchev–Trinajstić information content (AvgIpc) is 2.29. The number of aromatic nitrogens is 1. The minimum atomic E-state index is -1.15. The van der Waals surface area contributed by atoms with Crippen molar-refractivity contribution in [2.24, 2.45) is 0 Å². The standard InChI is InChI=1S/C9H5N3O6/c13-8-7(12(17)18)6-4(10-9(8)14)2-1-3-5(6)11(15)16/h1-3,13H,(H,10,14). The van der Waals surface area contributed by atoms with Crippen LogP contribution in [0.1, 0.15) is 0 Å². The van der Waals surface area contributed by atoms with Crippen LogP contribution in [-0.4, -0.2) is 19.9 Å². The van der Waals surface area contributed by atoms with E-state index in [1.165, 1.54) is 12.1 Å². The van der Waals surface area contributed by atoms with Crippen LogP contribution in [0.4, 0.5) is 11.4 Å². The number of H-pyrrole nitrogens is 1. The summed E-state index contributed by atoms with van der Waals surface area (Å²) in [6.07, 6.45) is 0. The summed E-state index contributed by atoms with van der Waals surface area (Å²) in [5, 5.41) is 30.6. The molecule has 92 valence electrons. The van der Waals surface area contributed by atoms with Crippen molar-refractivity contribution in [3.63, 3.8) is 0 Å². The van der Waals surface area contributed by atoms with E-state index in [1.54, 1.807) is 0 Å². The Bertz CT molecular complexity index is 735. The summed E-state index contributed by atoms with van der Waals surface area (Å²) in [5.41, 5.74) is -2.69. The molecule has 2 N–H and O–H groups in total. The second-order valence-corrected chi connectivity index (χ2v) is 3.37. The minimum absolute atomic E-state index is 0.0845. The number of benzene rings is 1. The summed E-state index contributed by atoms with van der Waals surface area (Å²) in [6.45, 7) is 0. The molecule has 1 aromatic carbocycles. The van der Waals surface area contributed by atoms with Crippen molar-refractivity contribution in [2.75, 3.05) is 0 Å². The molecular formula is C9H5N3O6. The number of rotatable bonds is 2. The van der Waals surface area contributed by atoms with Gasteiger partial charge in [-0.3, -0.25) is 25.0 Å². The molecule has 0 saturated heterocycles. The van der Waals surface area contributed by atoms with Crippen molar-refractivity contribution in [3.8, 4) is 5.75 Å². The first-order valence-electron chi connectivity index (χ1n) is 4.60. The molecule has 2 aromatic rings. The highest BCUT2D eigenvalue weighted by Gasteiger charge is 2.28. The smallest absolute Gasteiger partial charge is 0.332 e. The minimum Gasteiger partial charge on any atom is -0.498 e. The van der Waals surface area contributed by atoms with Crippen LogP contribution in [0.15, 0.2) is 23.0 Å². The predicted octanol–water partition coefficient (Wildman–Crippen LogP) is 1.05. The fraction of sp³-hybridized carbons (Fsp3) is 0. The molecule has 0 fully saturated rings. The number of hydrogen-bond acceptors (Lipinski definition) is 6. The Kier molecular flexibility index (Phi) is 2.43. The molecule has 9 heteroatoms. The SMILES string of the molecule is O=c1[nH]c2cccc([N+](=O)[O-])c2c([N+](=O)[O-])c1O. The maximum atomic E-state index is 11.3. The summed E-state index contributed by atoms with van der Waals surface area (Å²) in [7, 11) is 0. The first-order chi connectivity index (χ1) is 8.43. The van der Waals surface area contributed by atoms with Crippen molar-refractivity contribution in [2.45, 2.75) is 0 Å². The van der Waals surface area contributed by atoms with Gasteiger partial charge in [-0.2, -0.15) is 0 Å². The van der Waals surface area contributed by atoms with Gasteiger partial charge in [0.1, 0.15) is 0 Å². The van der Waals surface area contributed by atoms with Crippen LogP contribution >= 0.6 is 0 Å². The fourth-order valence-corrected chi connectivity index (χ4v) is 1.63. The van der Waals surface area contributed by atoms with Gasteiger partial charge in [-0.15, -0.1) is 0 Å². The third-order valence-electron chi connectivity index (χ3n) is 2.35. The van der Waals surface area contributed by atoms with Gasteiger partial charge in [0.2, 0.25) is 0 Å². The van der Waals surface area contributed by atoms with Gasteiger partial charge in [-0.05, 0) is 6.07 Å². The van der Waals surface area contributed by atoms with E-state index in [0.29, 0.717) is 0 Å². The normalized spacial score (nSPS) is 10.4. The Morgan fingerprint density at radius 2 is 1.83 bits per heavy atom. The highest BCUT2D eigenvalue weighted by molar-refractivity contribution is 5.97. The van der Waals surface area contributed by atoms with Gasteiger partial charge in [0.15, 0.2) is 5.39 Å². The summed E-state index contributed by atoms with van der Waals surface area (Å²) in [6, 6.07) is 3.60. The van der Waals surface area contributed by atoms with E-state index in [4.69, 9.17) is 0 Å². The maximum Gasteiger partial charge on any atom is 0.332 e. The van der Waals surface area contributed by atoms with Crippen LogP contribution in [0, 0.1) is 20.2 Å². The molecule has 0 amide bonds. The Labute approximate surface area is 97.6 Å². The molecule has 1 heterocycles. The van der Waals surface area contributed by atoms with Crippen molar-refractivity contribution in [1.29, 1.82) is 0 Å². The molecule has 2 rings (SSSR count). The number of nitrogens with one attached hydrogen (secondary N) is 1. The van der Waals surface area contributed by atoms with E-state index in [0.717, 1.165) is 6.07 Å². The van der Waals surface area contributed by atoms with Gasteiger partial charge in [-0.1, -0.05) is 6.07 Å². The Hall–Kier alpha value is -2.97. The predicted molar refractivity (Wildman–Crippen MR) is 59.5 cm³/mol. The molecule has 18 heavy (non-hydrogen) atoms. The molecule has 1 aromatic heterocycles. The first-order valence-corrected chi connectivity index (χ1v) is 4.60. The third kappa shape index (κ3) is 1.54. The zero-order chi connectivity index (χ0) is 13.4. The van der Waals surface area contributed by atoms with Gasteiger partial charge in [-0.25, -0.2) is 0 Å². The summed E-state index contributed by atoms with van der Waals surface area (Å²) in [4.78, 5) is 33.2. The number of nitro groups is 2. The lowest BCUT2D eigenvalue weighted by molar-refractivity contribution is -0.390. The van der Waals surface area contributed by atoms with Gasteiger partial charge in [0, 0.05) is 6.07 Å². The number of non-ortho nitro benzene ring substituents is 1. The van der Waals surface area contributed by atoms with Gasteiger partial charge < -0.3 is 10.1 Å². The molecule has 0 unspecified atom stereocenters. The second-order valence-electron chi connectivity index (χ2n) is 3.37. The Morgan fingerprint density at radius 3 is 2.39 bits per heavy atom. The number of hydrogen-bond donors (Lipinski definition) is 2. The number of nitrogens with zero attached hydrogens (tertiary/aromatic N) is 2. The van der Waals surface area contributed by atoms with Gasteiger partial charge in [0.05, 0.1) is 15.4 Å². The quantitative estimate of drug-likeness (QED) is 0.603. The lowest BCUT2D eigenvalue weighted by atomic mass is 10.1. The number of aromatic amines is 1. The molecule has 0 atom stereocenters. The molecule has 9 nitrogen and oxygen atoms in total. The van der Waals surface area contributed by atoms with Crippen molar-refractivity contribution < 1.29 is 15.0 Å². The van der Waals surface area contributed by atoms with E-state index in [-0.39, 0.29) is 5.52 Å². The van der Waals surface area contributed by atoms with Crippen LogP contribution in [0.2, 0.25) is 0 Å². The lowest BCUT2D eigenvalue weighted by Crippen LogP contribution is -2.09. The number of pyridine rings is 1. The van der Waals surface area contributed by atoms with Crippen LogP contribution in [0.25, 0.3) is 10.9 Å². The van der Waals surface area contributed by atoms with Gasteiger partial charge >= 0.3 is 5.69 Å². The van der Waals surface area contributed by atoms with Crippen molar-refractivity contribution in [1.82, 2.24) is 4.98 Å². The molecule has 0 bridgehead atoms.